The zero-order valence-electron chi connectivity index (χ0n) is 16.3. The molecule has 0 radical (unpaired) electrons. The maximum atomic E-state index is 15.0. The summed E-state index contributed by atoms with van der Waals surface area (Å²) in [5.74, 6) is 0.590. The maximum absolute atomic E-state index is 15.0. The van der Waals surface area contributed by atoms with Crippen molar-refractivity contribution in [2.75, 3.05) is 20.0 Å². The fourth-order valence-corrected chi connectivity index (χ4v) is 3.79. The lowest BCUT2D eigenvalue weighted by molar-refractivity contribution is 0.355. The second kappa shape index (κ2) is 6.52. The highest BCUT2D eigenvalue weighted by Gasteiger charge is 2.21. The predicted octanol–water partition coefficient (Wildman–Crippen LogP) is 4.71. The minimum Gasteiger partial charge on any atom is -0.494 e. The Morgan fingerprint density at radius 2 is 1.87 bits per heavy atom. The molecule has 0 saturated heterocycles. The lowest BCUT2D eigenvalue weighted by atomic mass is 9.99. The molecule has 0 saturated carbocycles. The summed E-state index contributed by atoms with van der Waals surface area (Å²) in [5.41, 5.74) is 9.34. The molecule has 1 aliphatic rings. The van der Waals surface area contributed by atoms with Gasteiger partial charge in [-0.05, 0) is 42.0 Å². The summed E-state index contributed by atoms with van der Waals surface area (Å²) < 4.78 is 27.3. The molecule has 0 aliphatic heterocycles. The van der Waals surface area contributed by atoms with E-state index in [1.807, 2.05) is 18.2 Å². The van der Waals surface area contributed by atoms with Gasteiger partial charge in [-0.2, -0.15) is 0 Å². The molecule has 7 heteroatoms. The van der Waals surface area contributed by atoms with E-state index >= 15 is 4.39 Å². The highest BCUT2D eigenvalue weighted by Crippen LogP contribution is 2.42. The molecule has 2 aromatic heterocycles. The van der Waals surface area contributed by atoms with Crippen LogP contribution < -0.4 is 15.2 Å². The molecule has 2 heterocycles. The number of methoxy groups -OCH3 is 2. The normalized spacial score (nSPS) is 12.8. The van der Waals surface area contributed by atoms with E-state index in [2.05, 4.69) is 4.98 Å². The third-order valence-corrected chi connectivity index (χ3v) is 5.36. The van der Waals surface area contributed by atoms with E-state index in [0.29, 0.717) is 50.1 Å². The number of rotatable bonds is 4. The summed E-state index contributed by atoms with van der Waals surface area (Å²) in [6.45, 7) is 0. The van der Waals surface area contributed by atoms with Crippen LogP contribution in [0.5, 0.6) is 17.4 Å². The Bertz CT molecular complexity index is 1400. The number of pyridine rings is 1. The Hall–Kier alpha value is -4.00. The third kappa shape index (κ3) is 2.45. The lowest BCUT2D eigenvalue weighted by Gasteiger charge is -2.13. The topological polar surface area (TPSA) is 82.5 Å². The van der Waals surface area contributed by atoms with E-state index in [1.54, 1.807) is 42.1 Å². The Kier molecular flexibility index (Phi) is 3.92. The highest BCUT2D eigenvalue weighted by molar-refractivity contribution is 6.12. The number of benzene rings is 2. The van der Waals surface area contributed by atoms with E-state index in [0.717, 1.165) is 5.70 Å². The average molecular weight is 403 g/mol. The first-order chi connectivity index (χ1) is 14.5. The van der Waals surface area contributed by atoms with Crippen molar-refractivity contribution in [3.05, 3.63) is 60.6 Å². The summed E-state index contributed by atoms with van der Waals surface area (Å²) in [4.78, 5) is 4.67. The van der Waals surface area contributed by atoms with Crippen LogP contribution in [-0.2, 0) is 0 Å². The molecule has 30 heavy (non-hydrogen) atoms. The Morgan fingerprint density at radius 3 is 2.53 bits per heavy atom. The minimum atomic E-state index is -0.436. The molecule has 6 nitrogen and oxygen atoms in total. The summed E-state index contributed by atoms with van der Waals surface area (Å²) in [6.07, 6.45) is 7.29. The molecule has 0 amide bonds. The van der Waals surface area contributed by atoms with Gasteiger partial charge in [0.2, 0.25) is 5.88 Å². The van der Waals surface area contributed by atoms with Crippen LogP contribution in [0.2, 0.25) is 0 Å². The predicted molar refractivity (Wildman–Crippen MR) is 115 cm³/mol. The van der Waals surface area contributed by atoms with Gasteiger partial charge < -0.3 is 20.3 Å². The standard InChI is InChI=1S/C23H18FN3O3/c1-29-17-9-6-12(10-18(17)30-2)19-15(24)8-7-14-21(25)20-16(26-22(14)19)11-27(23(20)28)13-4-3-5-13/h3-11,28H,25H2,1-2H3. The molecule has 150 valence electrons. The zero-order chi connectivity index (χ0) is 21.0. The van der Waals surface area contributed by atoms with E-state index in [4.69, 9.17) is 15.2 Å². The molecule has 2 aromatic carbocycles. The van der Waals surface area contributed by atoms with Crippen molar-refractivity contribution in [2.45, 2.75) is 0 Å². The molecule has 0 unspecified atom stereocenters. The van der Waals surface area contributed by atoms with Gasteiger partial charge in [0.15, 0.2) is 11.5 Å². The Morgan fingerprint density at radius 1 is 1.10 bits per heavy atom. The smallest absolute Gasteiger partial charge is 0.207 e. The minimum absolute atomic E-state index is 0.00416. The van der Waals surface area contributed by atoms with Crippen molar-refractivity contribution in [3.63, 3.8) is 0 Å². The second-order valence-corrected chi connectivity index (χ2v) is 6.95. The van der Waals surface area contributed by atoms with Gasteiger partial charge in [-0.15, -0.1) is 0 Å². The van der Waals surface area contributed by atoms with E-state index < -0.39 is 5.82 Å². The van der Waals surface area contributed by atoms with Crippen molar-refractivity contribution >= 4 is 33.2 Å². The van der Waals surface area contributed by atoms with Crippen LogP contribution >= 0.6 is 0 Å². The first-order valence-electron chi connectivity index (χ1n) is 9.26. The quantitative estimate of drug-likeness (QED) is 0.516. The summed E-state index contributed by atoms with van der Waals surface area (Å²) in [5, 5.41) is 11.7. The van der Waals surface area contributed by atoms with E-state index in [-0.39, 0.29) is 5.88 Å². The number of aromatic nitrogens is 2. The second-order valence-electron chi connectivity index (χ2n) is 6.95. The van der Waals surface area contributed by atoms with Crippen LogP contribution in [0.1, 0.15) is 0 Å². The zero-order valence-corrected chi connectivity index (χ0v) is 16.3. The van der Waals surface area contributed by atoms with Crippen LogP contribution in [0.3, 0.4) is 0 Å². The SMILES string of the molecule is COc1ccc(-c2c(F)ccc3c(N)c4c(O)n(C5=CC=C5)cc4nc23)cc1OC. The van der Waals surface area contributed by atoms with Gasteiger partial charge in [-0.3, -0.25) is 4.57 Å². The van der Waals surface area contributed by atoms with Crippen LogP contribution in [0.4, 0.5) is 10.1 Å². The molecule has 0 atom stereocenters. The molecular formula is C23H18FN3O3. The van der Waals surface area contributed by atoms with Gasteiger partial charge in [-0.1, -0.05) is 12.1 Å². The largest absolute Gasteiger partial charge is 0.494 e. The van der Waals surface area contributed by atoms with E-state index in [9.17, 15) is 5.11 Å². The van der Waals surface area contributed by atoms with Crippen molar-refractivity contribution in [2.24, 2.45) is 0 Å². The molecule has 4 aromatic rings. The number of nitrogens with two attached hydrogens (primary N) is 1. The highest BCUT2D eigenvalue weighted by atomic mass is 19.1. The fourth-order valence-electron chi connectivity index (χ4n) is 3.79. The Balaban J connectivity index is 1.82. The molecule has 0 spiro atoms. The summed E-state index contributed by atoms with van der Waals surface area (Å²) in [7, 11) is 3.06. The van der Waals surface area contributed by atoms with Crippen LogP contribution in [-0.4, -0.2) is 28.9 Å². The van der Waals surface area contributed by atoms with Crippen molar-refractivity contribution in [1.82, 2.24) is 9.55 Å². The summed E-state index contributed by atoms with van der Waals surface area (Å²) in [6, 6.07) is 8.09. The number of allylic oxidation sites excluding steroid dienone is 4. The molecule has 0 bridgehead atoms. The van der Waals surface area contributed by atoms with Gasteiger partial charge in [0.05, 0.1) is 36.3 Å². The Labute approximate surface area is 171 Å². The first-order valence-corrected chi connectivity index (χ1v) is 9.26. The number of anilines is 1. The van der Waals surface area contributed by atoms with Crippen molar-refractivity contribution in [1.29, 1.82) is 0 Å². The number of hydrogen-bond donors (Lipinski definition) is 2. The monoisotopic (exact) mass is 403 g/mol. The van der Waals surface area contributed by atoms with E-state index in [1.165, 1.54) is 13.2 Å². The number of hydrogen-bond acceptors (Lipinski definition) is 5. The number of nitrogens with zero attached hydrogens (tertiary/aromatic N) is 2. The van der Waals surface area contributed by atoms with Crippen LogP contribution in [0.15, 0.2) is 54.8 Å². The van der Waals surface area contributed by atoms with Gasteiger partial charge in [0, 0.05) is 22.8 Å². The molecule has 0 fully saturated rings. The maximum Gasteiger partial charge on any atom is 0.207 e. The number of nitrogen functional groups attached to an aromatic ring is 1. The van der Waals surface area contributed by atoms with Crippen molar-refractivity contribution < 1.29 is 19.0 Å². The number of fused-ring (bicyclic) bond motifs is 2. The van der Waals surface area contributed by atoms with Crippen molar-refractivity contribution in [3.8, 4) is 28.5 Å². The van der Waals surface area contributed by atoms with Crippen LogP contribution in [0.25, 0.3) is 38.6 Å². The number of aromatic hydroxyl groups is 1. The number of ether oxygens (including phenoxy) is 2. The van der Waals surface area contributed by atoms with Gasteiger partial charge in [-0.25, -0.2) is 9.37 Å². The molecule has 1 aliphatic carbocycles. The van der Waals surface area contributed by atoms with Gasteiger partial charge >= 0.3 is 0 Å². The number of halogens is 1. The third-order valence-electron chi connectivity index (χ3n) is 5.36. The molecule has 3 N–H and O–H groups in total. The van der Waals surface area contributed by atoms with Crippen LogP contribution in [0, 0.1) is 5.82 Å². The van der Waals surface area contributed by atoms with Gasteiger partial charge in [0.25, 0.3) is 0 Å². The fraction of sp³-hybridized carbons (Fsp3) is 0.0870. The van der Waals surface area contributed by atoms with Gasteiger partial charge in [0.1, 0.15) is 5.82 Å². The molecular weight excluding hydrogens is 385 g/mol. The summed E-state index contributed by atoms with van der Waals surface area (Å²) >= 11 is 0. The first kappa shape index (κ1) is 18.1. The molecule has 5 rings (SSSR count). The lowest BCUT2D eigenvalue weighted by Crippen LogP contribution is -1.97. The average Bonchev–Trinajstić information content (AvgIpc) is 3.02.